The number of aryl methyl sites for hydroxylation is 1. The molecule has 1 amide bonds. The molecule has 2 atom stereocenters. The van der Waals surface area contributed by atoms with Crippen molar-refractivity contribution in [1.82, 2.24) is 19.7 Å². The van der Waals surface area contributed by atoms with Crippen molar-refractivity contribution in [1.29, 1.82) is 0 Å². The van der Waals surface area contributed by atoms with Gasteiger partial charge in [0.15, 0.2) is 0 Å². The monoisotopic (exact) mass is 438 g/mol. The first-order valence-corrected chi connectivity index (χ1v) is 11.5. The molecule has 1 aromatic rings. The van der Waals surface area contributed by atoms with E-state index in [4.69, 9.17) is 0 Å². The van der Waals surface area contributed by atoms with Gasteiger partial charge in [-0.3, -0.25) is 9.69 Å². The standard InChI is InChI=1S/C28H30N4O/c1-20-17-31(18-21(2)29-20)26-12-11-25-9-6-8-23(16-28(33)32(25)19-26)22-7-4-5-10-27-24(15-22)13-14-30(27)3/h4-16,19-21,29H,17-18H2,1-3H3/b5-4?,7-4+,8-6+,10-5+,22-7?,22-15-,23-16+,24-15?,25-9+,27-10?/t20-,21+. The van der Waals surface area contributed by atoms with Gasteiger partial charge in [-0.2, -0.15) is 0 Å². The predicted molar refractivity (Wildman–Crippen MR) is 135 cm³/mol. The lowest BCUT2D eigenvalue weighted by molar-refractivity contribution is -0.122. The Labute approximate surface area is 195 Å². The lowest BCUT2D eigenvalue weighted by Crippen LogP contribution is -2.53. The van der Waals surface area contributed by atoms with E-state index < -0.39 is 0 Å². The fourth-order valence-corrected chi connectivity index (χ4v) is 4.83. The van der Waals surface area contributed by atoms with Crippen molar-refractivity contribution < 1.29 is 4.79 Å². The molecule has 168 valence electrons. The number of aromatic nitrogens is 1. The third-order valence-electron chi connectivity index (χ3n) is 6.39. The van der Waals surface area contributed by atoms with Crippen LogP contribution in [0.2, 0.25) is 0 Å². The van der Waals surface area contributed by atoms with E-state index in [1.54, 1.807) is 11.0 Å². The molecule has 5 nitrogen and oxygen atoms in total. The van der Waals surface area contributed by atoms with E-state index in [-0.39, 0.29) is 5.91 Å². The Morgan fingerprint density at radius 3 is 2.39 bits per heavy atom. The second kappa shape index (κ2) is 8.75. The van der Waals surface area contributed by atoms with Crippen LogP contribution in [0.25, 0.3) is 12.2 Å². The predicted octanol–water partition coefficient (Wildman–Crippen LogP) is 4.29. The van der Waals surface area contributed by atoms with E-state index in [0.717, 1.165) is 46.9 Å². The van der Waals surface area contributed by atoms with Crippen LogP contribution in [-0.4, -0.2) is 45.4 Å². The van der Waals surface area contributed by atoms with Gasteiger partial charge in [-0.25, -0.2) is 0 Å². The summed E-state index contributed by atoms with van der Waals surface area (Å²) in [5, 5.41) is 3.57. The molecule has 0 bridgehead atoms. The largest absolute Gasteiger partial charge is 0.367 e. The molecule has 5 rings (SSSR count). The minimum absolute atomic E-state index is 0.0427. The molecule has 4 aliphatic rings. The number of allylic oxidation sites excluding steroid dienone is 10. The minimum atomic E-state index is -0.0427. The quantitative estimate of drug-likeness (QED) is 0.749. The maximum atomic E-state index is 13.4. The summed E-state index contributed by atoms with van der Waals surface area (Å²) in [5.74, 6) is -0.0427. The first-order valence-electron chi connectivity index (χ1n) is 11.5. The highest BCUT2D eigenvalue weighted by molar-refractivity contribution is 5.93. The lowest BCUT2D eigenvalue weighted by Gasteiger charge is -2.39. The Morgan fingerprint density at radius 2 is 1.58 bits per heavy atom. The van der Waals surface area contributed by atoms with Crippen molar-refractivity contribution in [2.24, 2.45) is 7.05 Å². The highest BCUT2D eigenvalue weighted by Crippen LogP contribution is 2.27. The van der Waals surface area contributed by atoms with Gasteiger partial charge in [0.25, 0.3) is 5.91 Å². The van der Waals surface area contributed by atoms with E-state index in [9.17, 15) is 4.79 Å². The first kappa shape index (κ1) is 21.3. The summed E-state index contributed by atoms with van der Waals surface area (Å²) in [5.41, 5.74) is 6.14. The third kappa shape index (κ3) is 4.37. The van der Waals surface area contributed by atoms with E-state index >= 15 is 0 Å². The summed E-state index contributed by atoms with van der Waals surface area (Å²) >= 11 is 0. The van der Waals surface area contributed by atoms with E-state index in [1.165, 1.54) is 0 Å². The maximum absolute atomic E-state index is 13.4. The molecule has 5 heteroatoms. The van der Waals surface area contributed by atoms with Crippen LogP contribution in [0.4, 0.5) is 0 Å². The van der Waals surface area contributed by atoms with Crippen molar-refractivity contribution >= 4 is 18.1 Å². The van der Waals surface area contributed by atoms with Crippen LogP contribution in [-0.2, 0) is 11.8 Å². The molecule has 1 fully saturated rings. The topological polar surface area (TPSA) is 40.5 Å². The Kier molecular flexibility index (Phi) is 5.65. The van der Waals surface area contributed by atoms with Gasteiger partial charge >= 0.3 is 0 Å². The second-order valence-electron chi connectivity index (χ2n) is 9.10. The molecule has 1 aromatic heterocycles. The van der Waals surface area contributed by atoms with Crippen LogP contribution in [0.3, 0.4) is 0 Å². The summed E-state index contributed by atoms with van der Waals surface area (Å²) in [7, 11) is 2.04. The number of hydrogen-bond donors (Lipinski definition) is 1. The van der Waals surface area contributed by atoms with Crippen LogP contribution in [0.5, 0.6) is 0 Å². The lowest BCUT2D eigenvalue weighted by atomic mass is 9.98. The van der Waals surface area contributed by atoms with Gasteiger partial charge in [0, 0.05) is 67.6 Å². The number of rotatable bonds is 2. The Bertz CT molecular complexity index is 1200. The van der Waals surface area contributed by atoms with E-state index in [0.29, 0.717) is 12.1 Å². The van der Waals surface area contributed by atoms with Crippen molar-refractivity contribution in [2.75, 3.05) is 13.1 Å². The van der Waals surface area contributed by atoms with Gasteiger partial charge in [0.05, 0.1) is 5.70 Å². The smallest absolute Gasteiger partial charge is 0.255 e. The van der Waals surface area contributed by atoms with E-state index in [1.807, 2.05) is 49.7 Å². The average Bonchev–Trinajstić information content (AvgIpc) is 3.09. The summed E-state index contributed by atoms with van der Waals surface area (Å²) in [6.07, 6.45) is 26.3. The number of piperazine rings is 1. The van der Waals surface area contributed by atoms with Gasteiger partial charge < -0.3 is 14.8 Å². The van der Waals surface area contributed by atoms with Gasteiger partial charge in [-0.1, -0.05) is 30.4 Å². The van der Waals surface area contributed by atoms with Gasteiger partial charge in [-0.15, -0.1) is 0 Å². The van der Waals surface area contributed by atoms with Crippen molar-refractivity contribution in [3.63, 3.8) is 0 Å². The summed E-state index contributed by atoms with van der Waals surface area (Å²) < 4.78 is 2.10. The highest BCUT2D eigenvalue weighted by Gasteiger charge is 2.25. The van der Waals surface area contributed by atoms with Crippen LogP contribution in [0.1, 0.15) is 25.1 Å². The Balaban J connectivity index is 1.47. The number of nitrogens with zero attached hydrogens (tertiary/aromatic N) is 3. The van der Waals surface area contributed by atoms with Gasteiger partial charge in [-0.05, 0) is 61.4 Å². The molecule has 1 aliphatic carbocycles. The molecule has 3 aliphatic heterocycles. The number of carbonyl (C=O) groups excluding carboxylic acids is 1. The second-order valence-corrected chi connectivity index (χ2v) is 9.10. The van der Waals surface area contributed by atoms with Crippen molar-refractivity contribution in [3.8, 4) is 0 Å². The third-order valence-corrected chi connectivity index (χ3v) is 6.39. The number of amides is 1. The van der Waals surface area contributed by atoms with Gasteiger partial charge in [0.2, 0.25) is 0 Å². The average molecular weight is 439 g/mol. The van der Waals surface area contributed by atoms with E-state index in [2.05, 4.69) is 65.2 Å². The number of hydrogen-bond acceptors (Lipinski definition) is 3. The first-order chi connectivity index (χ1) is 16.0. The molecule has 1 N–H and O–H groups in total. The number of fused-ring (bicyclic) bond motifs is 2. The molecule has 0 aromatic carbocycles. The number of nitrogens with one attached hydrogen (secondary N) is 1. The van der Waals surface area contributed by atoms with Crippen LogP contribution >= 0.6 is 0 Å². The molecule has 33 heavy (non-hydrogen) atoms. The Morgan fingerprint density at radius 1 is 0.879 bits per heavy atom. The molecule has 4 heterocycles. The highest BCUT2D eigenvalue weighted by atomic mass is 16.2. The minimum Gasteiger partial charge on any atom is -0.367 e. The number of carbonyl (C=O) groups is 1. The van der Waals surface area contributed by atoms with Crippen LogP contribution in [0, 0.1) is 0 Å². The molecule has 0 saturated carbocycles. The fourth-order valence-electron chi connectivity index (χ4n) is 4.83. The van der Waals surface area contributed by atoms with Crippen molar-refractivity contribution in [3.05, 3.63) is 107 Å². The van der Waals surface area contributed by atoms with Crippen molar-refractivity contribution in [2.45, 2.75) is 25.9 Å². The summed E-state index contributed by atoms with van der Waals surface area (Å²) in [4.78, 5) is 17.5. The zero-order valence-corrected chi connectivity index (χ0v) is 19.4. The fraction of sp³-hybridized carbons (Fsp3) is 0.250. The molecular formula is C28H30N4O. The molecule has 0 unspecified atom stereocenters. The Hall–Kier alpha value is -3.57. The molecule has 0 radical (unpaired) electrons. The summed E-state index contributed by atoms with van der Waals surface area (Å²) in [6, 6.07) is 2.92. The van der Waals surface area contributed by atoms with Crippen LogP contribution in [0.15, 0.2) is 95.7 Å². The van der Waals surface area contributed by atoms with Gasteiger partial charge in [0.1, 0.15) is 0 Å². The normalized spacial score (nSPS) is 32.3. The maximum Gasteiger partial charge on any atom is 0.255 e. The molecule has 0 spiro atoms. The zero-order chi connectivity index (χ0) is 22.9. The SMILES string of the molecule is C[C@@H]1CN(C2=CN3C(=O)/C=C(C4=C\c5ccn(C)c5\C=C\C=C\4)\C=C\C=C\3C=C2)C[C@H](C)N1. The van der Waals surface area contributed by atoms with Crippen LogP contribution < -0.4 is 5.32 Å². The zero-order valence-electron chi connectivity index (χ0n) is 19.4. The molecular weight excluding hydrogens is 408 g/mol. The summed E-state index contributed by atoms with van der Waals surface area (Å²) in [6.45, 7) is 6.25. The molecule has 1 saturated heterocycles.